The summed E-state index contributed by atoms with van der Waals surface area (Å²) in [5.41, 5.74) is 8.60. The van der Waals surface area contributed by atoms with Gasteiger partial charge in [0.15, 0.2) is 0 Å². The van der Waals surface area contributed by atoms with Gasteiger partial charge < -0.3 is 0 Å². The van der Waals surface area contributed by atoms with Gasteiger partial charge in [0.1, 0.15) is 0 Å². The zero-order valence-corrected chi connectivity index (χ0v) is 20.2. The van der Waals surface area contributed by atoms with E-state index in [1.807, 2.05) is 0 Å². The van der Waals surface area contributed by atoms with Crippen LogP contribution in [0.5, 0.6) is 0 Å². The summed E-state index contributed by atoms with van der Waals surface area (Å²) in [6.07, 6.45) is 4.23. The summed E-state index contributed by atoms with van der Waals surface area (Å²) in [4.78, 5) is 0. The number of hydrogen-bond donors (Lipinski definition) is 0. The fraction of sp³-hybridized carbons (Fsp3) is 0.200. The Hall–Kier alpha value is -2.60. The second-order valence-corrected chi connectivity index (χ2v) is 10.4. The van der Waals surface area contributed by atoms with Crippen molar-refractivity contribution in [2.24, 2.45) is 0 Å². The zero-order valence-electron chi connectivity index (χ0n) is 18.5. The van der Waals surface area contributed by atoms with Crippen molar-refractivity contribution in [1.82, 2.24) is 0 Å². The number of benzene rings is 4. The van der Waals surface area contributed by atoms with E-state index in [4.69, 9.17) is 0 Å². The average molecular weight is 470 g/mol. The SMILES string of the molecule is CCc1ccccc1Cc1ccc([Se]c2ccc(Cc3ccccc3CC)cc2)cc1. The van der Waals surface area contributed by atoms with Gasteiger partial charge in [0, 0.05) is 0 Å². The molecule has 0 N–H and O–H groups in total. The van der Waals surface area contributed by atoms with E-state index in [1.165, 1.54) is 42.3 Å². The number of rotatable bonds is 8. The van der Waals surface area contributed by atoms with Crippen molar-refractivity contribution in [2.45, 2.75) is 39.5 Å². The molecule has 0 saturated heterocycles. The molecule has 0 unspecified atom stereocenters. The van der Waals surface area contributed by atoms with Gasteiger partial charge in [0.25, 0.3) is 0 Å². The van der Waals surface area contributed by atoms with E-state index < -0.39 is 0 Å². The van der Waals surface area contributed by atoms with Crippen LogP contribution in [-0.4, -0.2) is 15.0 Å². The van der Waals surface area contributed by atoms with Crippen LogP contribution in [0, 0.1) is 0 Å². The Kier molecular flexibility index (Phi) is 7.41. The predicted octanol–water partition coefficient (Wildman–Crippen LogP) is 5.65. The van der Waals surface area contributed by atoms with Crippen LogP contribution >= 0.6 is 0 Å². The number of hydrogen-bond acceptors (Lipinski definition) is 0. The summed E-state index contributed by atoms with van der Waals surface area (Å²) in [6.45, 7) is 4.47. The van der Waals surface area contributed by atoms with Crippen molar-refractivity contribution in [1.29, 1.82) is 0 Å². The minimum atomic E-state index is 0.347. The molecule has 0 saturated carbocycles. The molecule has 4 aromatic rings. The predicted molar refractivity (Wildman–Crippen MR) is 135 cm³/mol. The van der Waals surface area contributed by atoms with Gasteiger partial charge in [-0.05, 0) is 0 Å². The Bertz CT molecular complexity index is 1020. The molecule has 4 rings (SSSR count). The molecule has 31 heavy (non-hydrogen) atoms. The van der Waals surface area contributed by atoms with Crippen LogP contribution < -0.4 is 8.92 Å². The molecule has 0 spiro atoms. The van der Waals surface area contributed by atoms with Crippen LogP contribution in [0.3, 0.4) is 0 Å². The molecule has 156 valence electrons. The molecule has 0 aromatic heterocycles. The van der Waals surface area contributed by atoms with Gasteiger partial charge in [0.2, 0.25) is 0 Å². The third-order valence-corrected chi connectivity index (χ3v) is 8.00. The van der Waals surface area contributed by atoms with Crippen molar-refractivity contribution in [3.05, 3.63) is 130 Å². The van der Waals surface area contributed by atoms with E-state index in [-0.39, 0.29) is 0 Å². The average Bonchev–Trinajstić information content (AvgIpc) is 2.82. The summed E-state index contributed by atoms with van der Waals surface area (Å²) in [5.74, 6) is 0. The molecule has 0 aliphatic heterocycles. The standard InChI is InChI=1S/C30H30Se/c1-3-25-9-5-7-11-27(25)21-23-13-17-29(18-14-23)31-30-19-15-24(16-20-30)22-28-12-8-6-10-26(28)4-2/h5-20H,3-4,21-22H2,1-2H3. The van der Waals surface area contributed by atoms with Crippen LogP contribution in [0.25, 0.3) is 0 Å². The van der Waals surface area contributed by atoms with Crippen molar-refractivity contribution >= 4 is 23.9 Å². The van der Waals surface area contributed by atoms with E-state index in [0.717, 1.165) is 25.7 Å². The number of aryl methyl sites for hydroxylation is 2. The maximum atomic E-state index is 2.31. The van der Waals surface area contributed by atoms with Gasteiger partial charge in [-0.2, -0.15) is 0 Å². The second kappa shape index (κ2) is 10.6. The molecule has 0 radical (unpaired) electrons. The van der Waals surface area contributed by atoms with Crippen molar-refractivity contribution < 1.29 is 0 Å². The van der Waals surface area contributed by atoms with Gasteiger partial charge >= 0.3 is 194 Å². The Morgan fingerprint density at radius 3 is 1.16 bits per heavy atom. The summed E-state index contributed by atoms with van der Waals surface area (Å²) >= 11 is 0.347. The van der Waals surface area contributed by atoms with E-state index in [0.29, 0.717) is 15.0 Å². The van der Waals surface area contributed by atoms with Crippen molar-refractivity contribution in [3.8, 4) is 0 Å². The molecular weight excluding hydrogens is 439 g/mol. The van der Waals surface area contributed by atoms with Crippen LogP contribution in [0.4, 0.5) is 0 Å². The molecule has 0 aliphatic rings. The topological polar surface area (TPSA) is 0 Å². The Labute approximate surface area is 193 Å². The molecule has 0 heterocycles. The van der Waals surface area contributed by atoms with E-state index in [2.05, 4.69) is 111 Å². The fourth-order valence-corrected chi connectivity index (χ4v) is 5.79. The van der Waals surface area contributed by atoms with Crippen LogP contribution in [0.15, 0.2) is 97.1 Å². The van der Waals surface area contributed by atoms with E-state index in [9.17, 15) is 0 Å². The van der Waals surface area contributed by atoms with E-state index in [1.54, 1.807) is 0 Å². The molecule has 1 heteroatoms. The summed E-state index contributed by atoms with van der Waals surface area (Å²) < 4.78 is 2.87. The van der Waals surface area contributed by atoms with Crippen molar-refractivity contribution in [2.75, 3.05) is 0 Å². The quantitative estimate of drug-likeness (QED) is 0.293. The molecule has 0 amide bonds. The monoisotopic (exact) mass is 470 g/mol. The molecule has 4 aromatic carbocycles. The summed E-state index contributed by atoms with van der Waals surface area (Å²) in [7, 11) is 0. The molecule has 0 bridgehead atoms. The third kappa shape index (κ3) is 5.76. The molecule has 0 aliphatic carbocycles. The van der Waals surface area contributed by atoms with Crippen molar-refractivity contribution in [3.63, 3.8) is 0 Å². The normalized spacial score (nSPS) is 10.9. The van der Waals surface area contributed by atoms with Crippen LogP contribution in [-0.2, 0) is 25.7 Å². The van der Waals surface area contributed by atoms with Gasteiger partial charge in [0.05, 0.1) is 0 Å². The Balaban J connectivity index is 1.39. The first-order valence-corrected chi connectivity index (χ1v) is 13.0. The third-order valence-electron chi connectivity index (χ3n) is 5.87. The Morgan fingerprint density at radius 2 is 0.806 bits per heavy atom. The second-order valence-electron chi connectivity index (χ2n) is 7.99. The van der Waals surface area contributed by atoms with Gasteiger partial charge in [-0.15, -0.1) is 0 Å². The molecule has 0 nitrogen and oxygen atoms in total. The van der Waals surface area contributed by atoms with Crippen LogP contribution in [0.1, 0.15) is 47.2 Å². The first-order valence-electron chi connectivity index (χ1n) is 11.2. The maximum absolute atomic E-state index is 2.31. The van der Waals surface area contributed by atoms with E-state index >= 15 is 0 Å². The molecule has 0 fully saturated rings. The molecular formula is C30H30Se. The summed E-state index contributed by atoms with van der Waals surface area (Å²) in [6, 6.07) is 36.1. The minimum absolute atomic E-state index is 0.347. The zero-order chi connectivity index (χ0) is 21.5. The first kappa shape index (κ1) is 21.6. The Morgan fingerprint density at radius 1 is 0.452 bits per heavy atom. The van der Waals surface area contributed by atoms with Gasteiger partial charge in [-0.25, -0.2) is 0 Å². The molecule has 0 atom stereocenters. The van der Waals surface area contributed by atoms with Crippen LogP contribution in [0.2, 0.25) is 0 Å². The van der Waals surface area contributed by atoms with Gasteiger partial charge in [-0.3, -0.25) is 0 Å². The fourth-order valence-electron chi connectivity index (χ4n) is 4.08. The first-order chi connectivity index (χ1) is 15.2. The van der Waals surface area contributed by atoms with Gasteiger partial charge in [-0.1, -0.05) is 0 Å². The summed E-state index contributed by atoms with van der Waals surface area (Å²) in [5, 5.41) is 0.